The molecule has 1 aromatic carbocycles. The van der Waals surface area contributed by atoms with E-state index in [2.05, 4.69) is 20.1 Å². The van der Waals surface area contributed by atoms with Crippen LogP contribution in [0.15, 0.2) is 23.0 Å². The van der Waals surface area contributed by atoms with Crippen LogP contribution in [0.25, 0.3) is 32.4 Å². The molecule has 0 saturated carbocycles. The van der Waals surface area contributed by atoms with Crippen molar-refractivity contribution < 1.29 is 18.3 Å². The fourth-order valence-corrected chi connectivity index (χ4v) is 9.13. The van der Waals surface area contributed by atoms with Crippen molar-refractivity contribution in [3.8, 4) is 17.3 Å². The van der Waals surface area contributed by atoms with Gasteiger partial charge in [-0.05, 0) is 50.4 Å². The smallest absolute Gasteiger partial charge is 0.319 e. The summed E-state index contributed by atoms with van der Waals surface area (Å²) in [7, 11) is 0. The highest BCUT2D eigenvalue weighted by Gasteiger charge is 2.49. The van der Waals surface area contributed by atoms with Gasteiger partial charge in [0.15, 0.2) is 5.13 Å². The Bertz CT molecular complexity index is 1900. The van der Waals surface area contributed by atoms with Crippen molar-refractivity contribution in [2.45, 2.75) is 62.4 Å². The molecular formula is C32H36F2N8O3S. The van der Waals surface area contributed by atoms with Crippen LogP contribution in [-0.4, -0.2) is 94.2 Å². The fraction of sp³-hybridized carbons (Fsp3) is 0.562. The molecule has 0 radical (unpaired) electrons. The van der Waals surface area contributed by atoms with Gasteiger partial charge < -0.3 is 30.0 Å². The summed E-state index contributed by atoms with van der Waals surface area (Å²) in [5, 5.41) is 4.34. The third kappa shape index (κ3) is 4.67. The Morgan fingerprint density at radius 2 is 1.98 bits per heavy atom. The normalized spacial score (nSPS) is 28.0. The molecule has 2 bridgehead atoms. The van der Waals surface area contributed by atoms with Crippen molar-refractivity contribution in [1.82, 2.24) is 29.7 Å². The van der Waals surface area contributed by atoms with Crippen LogP contribution >= 0.6 is 11.3 Å². The number of nitrogens with zero attached hydrogens (tertiary/aromatic N) is 6. The van der Waals surface area contributed by atoms with Crippen LogP contribution < -0.4 is 26.2 Å². The van der Waals surface area contributed by atoms with Crippen LogP contribution in [0.3, 0.4) is 0 Å². The molecule has 0 amide bonds. The van der Waals surface area contributed by atoms with Gasteiger partial charge in [0.2, 0.25) is 0 Å². The first kappa shape index (κ1) is 28.7. The number of alkyl halides is 1. The average molecular weight is 651 g/mol. The number of piperazine rings is 1. The van der Waals surface area contributed by atoms with Gasteiger partial charge in [-0.15, -0.1) is 0 Å². The Morgan fingerprint density at radius 3 is 2.76 bits per heavy atom. The Morgan fingerprint density at radius 1 is 1.15 bits per heavy atom. The summed E-state index contributed by atoms with van der Waals surface area (Å²) in [5.74, 6) is 0.310. The number of ether oxygens (including phenoxy) is 2. The molecular weight excluding hydrogens is 614 g/mol. The number of pyridine rings is 1. The maximum Gasteiger partial charge on any atom is 0.319 e. The number of nitrogens with one attached hydrogen (secondary N) is 1. The zero-order valence-electron chi connectivity index (χ0n) is 25.4. The number of aromatic nitrogens is 4. The molecule has 3 aromatic heterocycles. The number of fused-ring (bicyclic) bond motifs is 5. The number of hydrogen-bond donors (Lipinski definition) is 2. The summed E-state index contributed by atoms with van der Waals surface area (Å²) in [6, 6.07) is 5.73. The number of nitrogen functional groups attached to an aromatic ring is 1. The van der Waals surface area contributed by atoms with Crippen molar-refractivity contribution in [3.63, 3.8) is 0 Å². The summed E-state index contributed by atoms with van der Waals surface area (Å²) in [6.07, 6.45) is 3.58. The van der Waals surface area contributed by atoms with E-state index in [1.807, 2.05) is 6.07 Å². The predicted molar refractivity (Wildman–Crippen MR) is 172 cm³/mol. The van der Waals surface area contributed by atoms with Gasteiger partial charge in [0.25, 0.3) is 5.56 Å². The van der Waals surface area contributed by atoms with Crippen LogP contribution in [0.5, 0.6) is 6.01 Å². The van der Waals surface area contributed by atoms with Crippen molar-refractivity contribution in [2.24, 2.45) is 5.92 Å². The molecule has 242 valence electrons. The first-order valence-corrected chi connectivity index (χ1v) is 17.1. The molecule has 9 rings (SSSR count). The molecule has 5 aliphatic rings. The minimum absolute atomic E-state index is 0.159. The van der Waals surface area contributed by atoms with E-state index in [0.717, 1.165) is 56.7 Å². The molecule has 8 heterocycles. The minimum atomic E-state index is -0.873. The van der Waals surface area contributed by atoms with Gasteiger partial charge in [-0.2, -0.15) is 9.97 Å². The summed E-state index contributed by atoms with van der Waals surface area (Å²) in [5.41, 5.74) is 7.49. The Kier molecular flexibility index (Phi) is 6.74. The van der Waals surface area contributed by atoms with Gasteiger partial charge in [0.1, 0.15) is 29.8 Å². The van der Waals surface area contributed by atoms with Crippen LogP contribution in [-0.2, 0) is 11.3 Å². The molecule has 2 unspecified atom stereocenters. The molecule has 5 fully saturated rings. The second-order valence-corrected chi connectivity index (χ2v) is 14.7. The molecule has 5 saturated heterocycles. The number of nitrogens with two attached hydrogens (primary N) is 1. The van der Waals surface area contributed by atoms with Crippen LogP contribution in [0.2, 0.25) is 0 Å². The standard InChI is InChI=1S/C32H36F2N8O3S/c33-18-9-32(6-1-7-41(32)11-18)16-45-31-37-23-8-24(21-4-5-22(34)27-26(21)38-30(35)46-27)42(10-17-14-44-15-17)29(43)25(23)28(39-31)40-12-19-2-3-20(13-40)36-19/h4-5,8,17-20,36H,1-3,6-7,9-16H2,(H2,35,38)/t18-,19?,20?,32+/m1/s1. The van der Waals surface area contributed by atoms with Crippen molar-refractivity contribution in [2.75, 3.05) is 56.6 Å². The molecule has 4 atom stereocenters. The number of halogens is 2. The molecule has 46 heavy (non-hydrogen) atoms. The first-order chi connectivity index (χ1) is 22.3. The Labute approximate surface area is 267 Å². The highest BCUT2D eigenvalue weighted by molar-refractivity contribution is 7.22. The molecule has 0 spiro atoms. The van der Waals surface area contributed by atoms with Crippen LogP contribution in [0.4, 0.5) is 19.7 Å². The summed E-state index contributed by atoms with van der Waals surface area (Å²) < 4.78 is 43.3. The van der Waals surface area contributed by atoms with Crippen molar-refractivity contribution in [1.29, 1.82) is 0 Å². The predicted octanol–water partition coefficient (Wildman–Crippen LogP) is 3.33. The zero-order chi connectivity index (χ0) is 31.2. The highest BCUT2D eigenvalue weighted by Crippen LogP contribution is 2.41. The van der Waals surface area contributed by atoms with Gasteiger partial charge in [0.05, 0.1) is 40.2 Å². The average Bonchev–Trinajstić information content (AvgIpc) is 3.76. The van der Waals surface area contributed by atoms with Gasteiger partial charge in [-0.1, -0.05) is 11.3 Å². The molecule has 5 aliphatic heterocycles. The molecule has 3 N–H and O–H groups in total. The van der Waals surface area contributed by atoms with Gasteiger partial charge in [-0.3, -0.25) is 9.69 Å². The van der Waals surface area contributed by atoms with Crippen molar-refractivity contribution >= 4 is 43.4 Å². The largest absolute Gasteiger partial charge is 0.461 e. The molecule has 4 aromatic rings. The quantitative estimate of drug-likeness (QED) is 0.308. The minimum Gasteiger partial charge on any atom is -0.461 e. The van der Waals surface area contributed by atoms with E-state index in [1.165, 1.54) is 6.07 Å². The summed E-state index contributed by atoms with van der Waals surface area (Å²) >= 11 is 1.08. The van der Waals surface area contributed by atoms with Crippen molar-refractivity contribution in [3.05, 3.63) is 34.4 Å². The van der Waals surface area contributed by atoms with E-state index in [-0.39, 0.29) is 34.8 Å². The van der Waals surface area contributed by atoms with Gasteiger partial charge >= 0.3 is 6.01 Å². The topological polar surface area (TPSA) is 124 Å². The zero-order valence-corrected chi connectivity index (χ0v) is 26.2. The Hall–Kier alpha value is -3.46. The van der Waals surface area contributed by atoms with E-state index in [0.29, 0.717) is 83.0 Å². The monoisotopic (exact) mass is 650 g/mol. The lowest BCUT2D eigenvalue weighted by Gasteiger charge is -2.35. The maximum atomic E-state index is 14.9. The molecule has 0 aliphatic carbocycles. The number of thiazole rings is 1. The van der Waals surface area contributed by atoms with E-state index < -0.39 is 12.0 Å². The van der Waals surface area contributed by atoms with E-state index in [9.17, 15) is 13.6 Å². The third-order valence-corrected chi connectivity index (χ3v) is 11.5. The maximum absolute atomic E-state index is 14.9. The first-order valence-electron chi connectivity index (χ1n) is 16.2. The van der Waals surface area contributed by atoms with Crippen LogP contribution in [0, 0.1) is 11.7 Å². The highest BCUT2D eigenvalue weighted by atomic mass is 32.1. The number of benzene rings is 1. The summed E-state index contributed by atoms with van der Waals surface area (Å²) in [6.45, 7) is 4.56. The lowest BCUT2D eigenvalue weighted by molar-refractivity contribution is -0.0395. The summed E-state index contributed by atoms with van der Waals surface area (Å²) in [4.78, 5) is 33.3. The van der Waals surface area contributed by atoms with E-state index in [1.54, 1.807) is 10.6 Å². The fourth-order valence-electron chi connectivity index (χ4n) is 8.37. The van der Waals surface area contributed by atoms with E-state index in [4.69, 9.17) is 25.2 Å². The Balaban J connectivity index is 1.21. The number of rotatable bonds is 7. The van der Waals surface area contributed by atoms with Gasteiger partial charge in [-0.25, -0.2) is 13.8 Å². The lowest BCUT2D eigenvalue weighted by Crippen LogP contribution is -2.51. The SMILES string of the molecule is Nc1nc2c(-c3cc4nc(OC[C@@]56CCCN5C[C@H](F)C6)nc(N5CC6CCC(C5)N6)c4c(=O)n3CC3COC3)ccc(F)c2s1. The second-order valence-electron chi connectivity index (χ2n) is 13.7. The molecule has 14 heteroatoms. The van der Waals surface area contributed by atoms with Crippen LogP contribution in [0.1, 0.15) is 32.1 Å². The lowest BCUT2D eigenvalue weighted by atomic mass is 9.95. The van der Waals surface area contributed by atoms with E-state index >= 15 is 0 Å². The molecule has 11 nitrogen and oxygen atoms in total. The number of anilines is 2. The second kappa shape index (κ2) is 10.8. The van der Waals surface area contributed by atoms with Gasteiger partial charge in [0, 0.05) is 56.2 Å². The third-order valence-electron chi connectivity index (χ3n) is 10.6. The number of hydrogen-bond acceptors (Lipinski definition) is 11.